The van der Waals surface area contributed by atoms with Gasteiger partial charge in [0.05, 0.1) is 26.7 Å². The van der Waals surface area contributed by atoms with Gasteiger partial charge in [-0.15, -0.1) is 0 Å². The number of quaternary nitrogens is 1. The van der Waals surface area contributed by atoms with E-state index in [1.807, 2.05) is 12.1 Å². The Kier molecular flexibility index (Phi) is 3.59. The zero-order valence-electron chi connectivity index (χ0n) is 11.7. The third-order valence-corrected chi connectivity index (χ3v) is 3.22. The standard InChI is InChI=1S/C14H20N4O/c1-18(2,3)14-11(8-9-13(19)17-15)10-6-4-5-7-12(10)16-14/h4-7,16H,8-9,15H2,1-3H3/p+1. The lowest BCUT2D eigenvalue weighted by atomic mass is 10.1. The van der Waals surface area contributed by atoms with Crippen LogP contribution in [0.3, 0.4) is 0 Å². The van der Waals surface area contributed by atoms with Crippen molar-refractivity contribution in [1.29, 1.82) is 0 Å². The maximum atomic E-state index is 11.4. The number of aromatic amines is 1. The molecule has 0 unspecified atom stereocenters. The predicted molar refractivity (Wildman–Crippen MR) is 78.5 cm³/mol. The molecule has 0 spiro atoms. The molecule has 4 N–H and O–H groups in total. The minimum atomic E-state index is -0.141. The third kappa shape index (κ3) is 2.77. The lowest BCUT2D eigenvalue weighted by molar-refractivity contribution is -0.121. The van der Waals surface area contributed by atoms with E-state index in [9.17, 15) is 4.79 Å². The number of carbonyl (C=O) groups excluding carboxylic acids is 1. The summed E-state index contributed by atoms with van der Waals surface area (Å²) in [6, 6.07) is 8.17. The average Bonchev–Trinajstić information content (AvgIpc) is 2.74. The number of rotatable bonds is 4. The van der Waals surface area contributed by atoms with Gasteiger partial charge in [0.1, 0.15) is 0 Å². The van der Waals surface area contributed by atoms with Gasteiger partial charge >= 0.3 is 0 Å². The van der Waals surface area contributed by atoms with Crippen LogP contribution < -0.4 is 15.8 Å². The summed E-state index contributed by atoms with van der Waals surface area (Å²) in [5.74, 6) is 6.13. The molecule has 102 valence electrons. The molecule has 1 aromatic carbocycles. The van der Waals surface area contributed by atoms with Gasteiger partial charge in [-0.3, -0.25) is 14.7 Å². The molecule has 0 aliphatic rings. The van der Waals surface area contributed by atoms with E-state index in [1.165, 1.54) is 10.9 Å². The Morgan fingerprint density at radius 1 is 1.32 bits per heavy atom. The molecule has 1 aromatic heterocycles. The Bertz CT molecular complexity index is 595. The molecule has 0 radical (unpaired) electrons. The van der Waals surface area contributed by atoms with Crippen molar-refractivity contribution < 1.29 is 4.79 Å². The Morgan fingerprint density at radius 2 is 2.00 bits per heavy atom. The van der Waals surface area contributed by atoms with E-state index in [0.29, 0.717) is 17.3 Å². The van der Waals surface area contributed by atoms with Crippen molar-refractivity contribution in [3.05, 3.63) is 29.8 Å². The Morgan fingerprint density at radius 3 is 2.63 bits per heavy atom. The van der Waals surface area contributed by atoms with Crippen LogP contribution in [-0.2, 0) is 11.2 Å². The molecule has 0 fully saturated rings. The quantitative estimate of drug-likeness (QED) is 0.336. The van der Waals surface area contributed by atoms with Gasteiger partial charge in [0.25, 0.3) is 0 Å². The van der Waals surface area contributed by atoms with Gasteiger partial charge in [-0.2, -0.15) is 0 Å². The molecular weight excluding hydrogens is 240 g/mol. The Labute approximate surface area is 113 Å². The number of carbonyl (C=O) groups is 1. The molecule has 0 saturated heterocycles. The van der Waals surface area contributed by atoms with E-state index in [2.05, 4.69) is 43.7 Å². The second-order valence-corrected chi connectivity index (χ2v) is 5.58. The van der Waals surface area contributed by atoms with Crippen LogP contribution in [0.1, 0.15) is 12.0 Å². The second kappa shape index (κ2) is 5.03. The largest absolute Gasteiger partial charge is 0.310 e. The Hall–Kier alpha value is -1.85. The van der Waals surface area contributed by atoms with Crippen LogP contribution in [0.15, 0.2) is 24.3 Å². The van der Waals surface area contributed by atoms with E-state index in [1.54, 1.807) is 0 Å². The van der Waals surface area contributed by atoms with Gasteiger partial charge in [0.2, 0.25) is 11.7 Å². The zero-order valence-corrected chi connectivity index (χ0v) is 11.7. The number of hydrogen-bond donors (Lipinski definition) is 3. The number of aryl methyl sites for hydroxylation is 1. The first-order valence-electron chi connectivity index (χ1n) is 6.34. The summed E-state index contributed by atoms with van der Waals surface area (Å²) in [6.45, 7) is 0. The van der Waals surface area contributed by atoms with Crippen molar-refractivity contribution >= 4 is 22.6 Å². The highest BCUT2D eigenvalue weighted by molar-refractivity contribution is 5.89. The summed E-state index contributed by atoms with van der Waals surface area (Å²) >= 11 is 0. The molecule has 0 aliphatic carbocycles. The molecular formula is C14H21N4O+. The van der Waals surface area contributed by atoms with E-state index in [0.717, 1.165) is 11.3 Å². The number of para-hydroxylation sites is 1. The maximum absolute atomic E-state index is 11.4. The monoisotopic (exact) mass is 261 g/mol. The number of amides is 1. The van der Waals surface area contributed by atoms with Crippen LogP contribution in [0.25, 0.3) is 10.9 Å². The fourth-order valence-corrected chi connectivity index (χ4v) is 2.32. The fourth-order valence-electron chi connectivity index (χ4n) is 2.32. The van der Waals surface area contributed by atoms with Crippen molar-refractivity contribution in [2.75, 3.05) is 21.1 Å². The molecule has 2 rings (SSSR count). The van der Waals surface area contributed by atoms with Gasteiger partial charge in [-0.1, -0.05) is 18.2 Å². The minimum absolute atomic E-state index is 0.141. The van der Waals surface area contributed by atoms with Crippen molar-refractivity contribution in [3.8, 4) is 0 Å². The fraction of sp³-hybridized carbons (Fsp3) is 0.357. The SMILES string of the molecule is C[N+](C)(C)c1[nH]c2ccccc2c1CCC(=O)NN. The third-order valence-electron chi connectivity index (χ3n) is 3.22. The van der Waals surface area contributed by atoms with Crippen LogP contribution in [0.5, 0.6) is 0 Å². The van der Waals surface area contributed by atoms with Gasteiger partial charge in [-0.05, 0) is 12.5 Å². The van der Waals surface area contributed by atoms with Crippen LogP contribution >= 0.6 is 0 Å². The first-order valence-corrected chi connectivity index (χ1v) is 6.34. The molecule has 0 atom stereocenters. The number of benzene rings is 1. The van der Waals surface area contributed by atoms with E-state index in [4.69, 9.17) is 5.84 Å². The van der Waals surface area contributed by atoms with Crippen molar-refractivity contribution in [2.45, 2.75) is 12.8 Å². The summed E-state index contributed by atoms with van der Waals surface area (Å²) < 4.78 is 0.689. The van der Waals surface area contributed by atoms with E-state index in [-0.39, 0.29) is 5.91 Å². The summed E-state index contributed by atoms with van der Waals surface area (Å²) in [5.41, 5.74) is 4.47. The van der Waals surface area contributed by atoms with Crippen LogP contribution in [0.4, 0.5) is 5.82 Å². The van der Waals surface area contributed by atoms with Crippen molar-refractivity contribution in [3.63, 3.8) is 0 Å². The zero-order chi connectivity index (χ0) is 14.0. The molecule has 5 nitrogen and oxygen atoms in total. The highest BCUT2D eigenvalue weighted by Gasteiger charge is 2.23. The number of hydrogen-bond acceptors (Lipinski definition) is 2. The van der Waals surface area contributed by atoms with Crippen LogP contribution in [-0.4, -0.2) is 32.0 Å². The molecule has 1 heterocycles. The van der Waals surface area contributed by atoms with Crippen LogP contribution in [0, 0.1) is 0 Å². The normalized spacial score (nSPS) is 11.8. The number of H-pyrrole nitrogens is 1. The second-order valence-electron chi connectivity index (χ2n) is 5.58. The molecule has 1 amide bonds. The number of hydrazine groups is 1. The molecule has 0 saturated carbocycles. The topological polar surface area (TPSA) is 70.9 Å². The molecule has 0 aliphatic heterocycles. The Balaban J connectivity index is 2.46. The number of fused-ring (bicyclic) bond motifs is 1. The lowest BCUT2D eigenvalue weighted by Gasteiger charge is -2.23. The summed E-state index contributed by atoms with van der Waals surface area (Å²) in [7, 11) is 6.33. The average molecular weight is 261 g/mol. The molecule has 19 heavy (non-hydrogen) atoms. The van der Waals surface area contributed by atoms with Gasteiger partial charge in [-0.25, -0.2) is 5.84 Å². The number of aromatic nitrogens is 1. The number of nitrogens with one attached hydrogen (secondary N) is 2. The van der Waals surface area contributed by atoms with E-state index < -0.39 is 0 Å². The summed E-state index contributed by atoms with van der Waals surface area (Å²) in [6.07, 6.45) is 1.07. The summed E-state index contributed by atoms with van der Waals surface area (Å²) in [5, 5.41) is 1.18. The maximum Gasteiger partial charge on any atom is 0.234 e. The minimum Gasteiger partial charge on any atom is -0.310 e. The first-order chi connectivity index (χ1) is 8.93. The summed E-state index contributed by atoms with van der Waals surface area (Å²) in [4.78, 5) is 14.8. The van der Waals surface area contributed by atoms with Crippen molar-refractivity contribution in [1.82, 2.24) is 14.9 Å². The number of nitrogens with two attached hydrogens (primary N) is 1. The number of nitrogens with zero attached hydrogens (tertiary/aromatic N) is 1. The molecule has 2 aromatic rings. The predicted octanol–water partition coefficient (Wildman–Crippen LogP) is 1.29. The van der Waals surface area contributed by atoms with E-state index >= 15 is 0 Å². The van der Waals surface area contributed by atoms with Gasteiger partial charge in [0, 0.05) is 17.4 Å². The highest BCUT2D eigenvalue weighted by atomic mass is 16.2. The smallest absolute Gasteiger partial charge is 0.234 e. The molecule has 0 bridgehead atoms. The van der Waals surface area contributed by atoms with Crippen molar-refractivity contribution in [2.24, 2.45) is 5.84 Å². The lowest BCUT2D eigenvalue weighted by Crippen LogP contribution is -2.36. The highest BCUT2D eigenvalue weighted by Crippen LogP contribution is 2.31. The van der Waals surface area contributed by atoms with Crippen LogP contribution in [0.2, 0.25) is 0 Å². The van der Waals surface area contributed by atoms with Gasteiger partial charge in [0.15, 0.2) is 0 Å². The van der Waals surface area contributed by atoms with Gasteiger partial charge < -0.3 is 4.98 Å². The molecule has 5 heteroatoms. The first kappa shape index (κ1) is 13.6.